The van der Waals surface area contributed by atoms with E-state index in [2.05, 4.69) is 16.9 Å². The molecule has 5 atom stereocenters. The summed E-state index contributed by atoms with van der Waals surface area (Å²) in [6.07, 6.45) is 0.881. The Bertz CT molecular complexity index is 1860. The van der Waals surface area contributed by atoms with Gasteiger partial charge in [0.1, 0.15) is 17.7 Å². The predicted molar refractivity (Wildman–Crippen MR) is 178 cm³/mol. The fourth-order valence-corrected chi connectivity index (χ4v) is 8.06. The fraction of sp³-hybridized carbons (Fsp3) is 0.514. The molecular weight excluding hydrogens is 693 g/mol. The molecule has 2 aliphatic carbocycles. The van der Waals surface area contributed by atoms with Crippen molar-refractivity contribution in [3.63, 3.8) is 0 Å². The van der Waals surface area contributed by atoms with Gasteiger partial charge >= 0.3 is 12.1 Å². The molecule has 12 nitrogen and oxygen atoms in total. The lowest BCUT2D eigenvalue weighted by molar-refractivity contribution is -0.166. The molecule has 0 spiro atoms. The lowest BCUT2D eigenvalue weighted by Crippen LogP contribution is -2.57. The van der Waals surface area contributed by atoms with E-state index >= 15 is 0 Å². The van der Waals surface area contributed by atoms with Crippen LogP contribution in [0.1, 0.15) is 63.4 Å². The Morgan fingerprint density at radius 1 is 1.16 bits per heavy atom. The highest BCUT2D eigenvalue weighted by Gasteiger charge is 2.62. The van der Waals surface area contributed by atoms with Gasteiger partial charge in [0.25, 0.3) is 5.91 Å². The van der Waals surface area contributed by atoms with Crippen LogP contribution in [0.5, 0.6) is 5.88 Å². The van der Waals surface area contributed by atoms with E-state index in [1.165, 1.54) is 12.3 Å². The third kappa shape index (κ3) is 8.37. The molecule has 2 N–H and O–H groups in total. The summed E-state index contributed by atoms with van der Waals surface area (Å²) in [6.45, 7) is 3.30. The largest absolute Gasteiger partial charge is 0.472 e. The number of nitrogens with zero attached hydrogens (tertiary/aromatic N) is 2. The highest BCUT2D eigenvalue weighted by Crippen LogP contribution is 2.45. The number of hydrogen-bond acceptors (Lipinski definition) is 9. The number of hydrogen-bond donors (Lipinski definition) is 2. The lowest BCUT2D eigenvalue weighted by Gasteiger charge is -2.29. The third-order valence-electron chi connectivity index (χ3n) is 9.71. The highest BCUT2D eigenvalue weighted by atomic mass is 32.2. The minimum absolute atomic E-state index is 0.0219. The Morgan fingerprint density at radius 2 is 1.94 bits per heavy atom. The fourth-order valence-electron chi connectivity index (χ4n) is 6.70. The van der Waals surface area contributed by atoms with Gasteiger partial charge in [0.15, 0.2) is 0 Å². The van der Waals surface area contributed by atoms with E-state index in [1.807, 2.05) is 35.1 Å². The number of allylic oxidation sites excluding steroid dienone is 1. The van der Waals surface area contributed by atoms with Crippen molar-refractivity contribution >= 4 is 50.6 Å². The molecule has 3 fully saturated rings. The molecule has 0 unspecified atom stereocenters. The lowest BCUT2D eigenvalue weighted by atomic mass is 9.98. The van der Waals surface area contributed by atoms with Crippen LogP contribution in [0.15, 0.2) is 49.2 Å². The van der Waals surface area contributed by atoms with E-state index in [0.717, 1.165) is 15.8 Å². The first-order valence-electron chi connectivity index (χ1n) is 16.9. The molecule has 274 valence electrons. The van der Waals surface area contributed by atoms with E-state index in [9.17, 15) is 40.8 Å². The summed E-state index contributed by atoms with van der Waals surface area (Å²) < 4.78 is 80.1. The number of ether oxygens (including phenoxy) is 2. The second-order valence-electron chi connectivity index (χ2n) is 13.6. The number of halogens is 3. The number of aromatic nitrogens is 1. The smallest absolute Gasteiger partial charge is 0.389 e. The molecule has 2 aromatic rings. The number of fused-ring (bicyclic) bond motifs is 3. The summed E-state index contributed by atoms with van der Waals surface area (Å²) in [5.74, 6) is -6.32. The molecule has 16 heteroatoms. The summed E-state index contributed by atoms with van der Waals surface area (Å²) in [5.41, 5.74) is -0.843. The van der Waals surface area contributed by atoms with Crippen molar-refractivity contribution < 1.29 is 50.2 Å². The summed E-state index contributed by atoms with van der Waals surface area (Å²) >= 11 is 0. The molecule has 4 aliphatic rings. The molecule has 1 aromatic heterocycles. The van der Waals surface area contributed by atoms with Crippen LogP contribution in [-0.4, -0.2) is 84.3 Å². The molecule has 2 saturated carbocycles. The number of nitrogens with one attached hydrogen (secondary N) is 2. The monoisotopic (exact) mass is 732 g/mol. The number of amides is 3. The van der Waals surface area contributed by atoms with Gasteiger partial charge in [0.2, 0.25) is 27.7 Å². The summed E-state index contributed by atoms with van der Waals surface area (Å²) in [6, 6.07) is 6.01. The Labute approximate surface area is 292 Å². The second-order valence-corrected chi connectivity index (χ2v) is 15.6. The van der Waals surface area contributed by atoms with Crippen LogP contribution in [0.4, 0.5) is 13.2 Å². The van der Waals surface area contributed by atoms with Gasteiger partial charge in [0, 0.05) is 23.9 Å². The van der Waals surface area contributed by atoms with Crippen molar-refractivity contribution in [2.75, 3.05) is 13.2 Å². The maximum Gasteiger partial charge on any atom is 0.389 e. The van der Waals surface area contributed by atoms with Crippen LogP contribution < -0.4 is 14.8 Å². The predicted octanol–water partition coefficient (Wildman–Crippen LogP) is 3.95. The Morgan fingerprint density at radius 3 is 2.65 bits per heavy atom. The zero-order chi connectivity index (χ0) is 36.6. The first-order chi connectivity index (χ1) is 24.2. The number of benzene rings is 1. The summed E-state index contributed by atoms with van der Waals surface area (Å²) in [7, 11) is -3.98. The molecular formula is C35H39F3N4O8S. The van der Waals surface area contributed by atoms with Gasteiger partial charge in [0.05, 0.1) is 37.2 Å². The topological polar surface area (TPSA) is 161 Å². The first kappa shape index (κ1) is 36.3. The minimum Gasteiger partial charge on any atom is -0.472 e. The normalized spacial score (nSPS) is 28.1. The molecule has 4 bridgehead atoms. The second kappa shape index (κ2) is 14.3. The Hall–Kier alpha value is -4.47. The van der Waals surface area contributed by atoms with E-state index in [4.69, 9.17) is 9.47 Å². The molecule has 1 saturated heterocycles. The van der Waals surface area contributed by atoms with E-state index in [0.29, 0.717) is 37.5 Å². The highest BCUT2D eigenvalue weighted by molar-refractivity contribution is 7.91. The number of rotatable bonds is 7. The van der Waals surface area contributed by atoms with Crippen molar-refractivity contribution in [2.45, 2.75) is 86.9 Å². The van der Waals surface area contributed by atoms with Crippen molar-refractivity contribution in [1.82, 2.24) is 19.9 Å². The van der Waals surface area contributed by atoms with E-state index < -0.39 is 87.5 Å². The van der Waals surface area contributed by atoms with Gasteiger partial charge in [-0.2, -0.15) is 13.2 Å². The quantitative estimate of drug-likeness (QED) is 0.317. The maximum absolute atomic E-state index is 14.0. The zero-order valence-corrected chi connectivity index (χ0v) is 28.5. The molecule has 6 rings (SSSR count). The van der Waals surface area contributed by atoms with Gasteiger partial charge in [-0.05, 0) is 61.6 Å². The number of esters is 1. The van der Waals surface area contributed by atoms with Crippen molar-refractivity contribution in [3.05, 3.63) is 54.8 Å². The average Bonchev–Trinajstić information content (AvgIpc) is 3.99. The SMILES string of the molecule is C=C[C@H]1C[C@]1(NC(=O)[C@@H]1C[C@@H]2CN1C(=O)[C@@H](CC(F)(F)F)CC(=O)OCCCC/C=C/c1ccc3ccnc(c3c1)O2)C(=O)NS(=O)(=O)C1CC1. The van der Waals surface area contributed by atoms with Crippen LogP contribution in [0.25, 0.3) is 16.8 Å². The van der Waals surface area contributed by atoms with E-state index in [1.54, 1.807) is 6.07 Å². The third-order valence-corrected chi connectivity index (χ3v) is 11.5. The van der Waals surface area contributed by atoms with E-state index in [-0.39, 0.29) is 31.9 Å². The van der Waals surface area contributed by atoms with Crippen LogP contribution in [0, 0.1) is 11.8 Å². The number of pyridine rings is 1. The molecule has 51 heavy (non-hydrogen) atoms. The van der Waals surface area contributed by atoms with Crippen LogP contribution >= 0.6 is 0 Å². The Kier molecular flexibility index (Phi) is 10.2. The summed E-state index contributed by atoms with van der Waals surface area (Å²) in [4.78, 5) is 59.4. The van der Waals surface area contributed by atoms with Crippen LogP contribution in [-0.2, 0) is 33.9 Å². The van der Waals surface area contributed by atoms with Crippen LogP contribution in [0.2, 0.25) is 0 Å². The summed E-state index contributed by atoms with van der Waals surface area (Å²) in [5, 5.41) is 3.31. The number of cyclic esters (lactones) is 1. The van der Waals surface area contributed by atoms with Gasteiger partial charge in [-0.15, -0.1) is 6.58 Å². The minimum atomic E-state index is -4.83. The van der Waals surface area contributed by atoms with Crippen molar-refractivity contribution in [2.24, 2.45) is 11.8 Å². The average molecular weight is 733 g/mol. The Balaban J connectivity index is 1.33. The molecule has 3 heterocycles. The standard InChI is InChI=1S/C35H39F3N4O8S/c1-2-24-19-34(24,33(46)41-51(47,48)26-10-11-26)40-30(44)28-17-25-20-42(28)32(45)23(18-35(36,37)38)16-29(43)49-14-6-4-3-5-7-21-8-9-22-12-13-39-31(50-25)27(22)15-21/h2,5,7-9,12-13,15,23-26,28H,1,3-4,6,10-11,14,16-20H2,(H,40,44)(H,41,46)/b7-5+/t23-,24+,25-,28+,34-/m1/s1. The van der Waals surface area contributed by atoms with Gasteiger partial charge in [-0.1, -0.05) is 30.4 Å². The van der Waals surface area contributed by atoms with Crippen LogP contribution in [0.3, 0.4) is 0 Å². The van der Waals surface area contributed by atoms with Crippen molar-refractivity contribution in [1.29, 1.82) is 0 Å². The molecule has 3 amide bonds. The number of carbonyl (C=O) groups is 4. The maximum atomic E-state index is 14.0. The van der Waals surface area contributed by atoms with Gasteiger partial charge < -0.3 is 19.7 Å². The van der Waals surface area contributed by atoms with Gasteiger partial charge in [-0.3, -0.25) is 23.9 Å². The number of sulfonamides is 1. The first-order valence-corrected chi connectivity index (χ1v) is 18.5. The number of alkyl halides is 3. The zero-order valence-electron chi connectivity index (χ0n) is 27.7. The molecule has 2 aliphatic heterocycles. The number of carbonyl (C=O) groups excluding carboxylic acids is 4. The molecule has 1 aromatic carbocycles. The van der Waals surface area contributed by atoms with Gasteiger partial charge in [-0.25, -0.2) is 13.4 Å². The van der Waals surface area contributed by atoms with Crippen molar-refractivity contribution in [3.8, 4) is 5.88 Å². The molecule has 0 radical (unpaired) electrons.